The van der Waals surface area contributed by atoms with E-state index in [-0.39, 0.29) is 23.9 Å². The van der Waals surface area contributed by atoms with Crippen LogP contribution in [0.2, 0.25) is 0 Å². The van der Waals surface area contributed by atoms with Crippen molar-refractivity contribution in [1.29, 1.82) is 0 Å². The maximum Gasteiger partial charge on any atom is 0.251 e. The number of halogens is 1. The van der Waals surface area contributed by atoms with E-state index >= 15 is 0 Å². The average molecular weight is 271 g/mol. The van der Waals surface area contributed by atoms with Crippen molar-refractivity contribution in [3.05, 3.63) is 35.4 Å². The summed E-state index contributed by atoms with van der Waals surface area (Å²) in [5.41, 5.74) is 7.28. The van der Waals surface area contributed by atoms with Crippen molar-refractivity contribution < 1.29 is 4.79 Å². The Morgan fingerprint density at radius 3 is 2.39 bits per heavy atom. The summed E-state index contributed by atoms with van der Waals surface area (Å²) >= 11 is 0. The van der Waals surface area contributed by atoms with Crippen LogP contribution in [0.15, 0.2) is 24.3 Å². The summed E-state index contributed by atoms with van der Waals surface area (Å²) in [4.78, 5) is 12.1. The van der Waals surface area contributed by atoms with Gasteiger partial charge in [-0.15, -0.1) is 12.4 Å². The summed E-state index contributed by atoms with van der Waals surface area (Å²) in [6.45, 7) is 6.55. The number of hydrogen-bond donors (Lipinski definition) is 2. The minimum absolute atomic E-state index is 0. The molecule has 3 N–H and O–H groups in total. The Kier molecular flexibility index (Phi) is 6.96. The monoisotopic (exact) mass is 270 g/mol. The van der Waals surface area contributed by atoms with Gasteiger partial charge in [0.05, 0.1) is 5.54 Å². The molecule has 0 radical (unpaired) electrons. The zero-order valence-corrected chi connectivity index (χ0v) is 12.1. The SMILES string of the molecule is CCC(CC)(CN)NC(=O)c1cccc(C)c1.Cl. The third-order valence-electron chi connectivity index (χ3n) is 3.40. The van der Waals surface area contributed by atoms with Crippen LogP contribution in [-0.4, -0.2) is 18.0 Å². The molecule has 18 heavy (non-hydrogen) atoms. The lowest BCUT2D eigenvalue weighted by Gasteiger charge is -2.31. The van der Waals surface area contributed by atoms with Crippen LogP contribution in [0.1, 0.15) is 42.6 Å². The topological polar surface area (TPSA) is 55.1 Å². The standard InChI is InChI=1S/C14H22N2O.ClH/c1-4-14(5-2,10-15)16-13(17)12-8-6-7-11(3)9-12;/h6-9H,4-5,10,15H2,1-3H3,(H,16,17);1H. The van der Waals surface area contributed by atoms with Gasteiger partial charge in [0, 0.05) is 12.1 Å². The number of nitrogens with two attached hydrogens (primary N) is 1. The Labute approximate surface area is 116 Å². The molecule has 1 rings (SSSR count). The van der Waals surface area contributed by atoms with Crippen molar-refractivity contribution in [3.63, 3.8) is 0 Å². The Morgan fingerprint density at radius 1 is 1.33 bits per heavy atom. The fraction of sp³-hybridized carbons (Fsp3) is 0.500. The van der Waals surface area contributed by atoms with Gasteiger partial charge in [0.25, 0.3) is 5.91 Å². The molecule has 0 atom stereocenters. The lowest BCUT2D eigenvalue weighted by atomic mass is 9.92. The fourth-order valence-electron chi connectivity index (χ4n) is 1.87. The highest BCUT2D eigenvalue weighted by Gasteiger charge is 2.26. The molecule has 1 amide bonds. The van der Waals surface area contributed by atoms with Gasteiger partial charge in [0.2, 0.25) is 0 Å². The van der Waals surface area contributed by atoms with Crippen molar-refractivity contribution >= 4 is 18.3 Å². The quantitative estimate of drug-likeness (QED) is 0.864. The predicted octanol–water partition coefficient (Wildman–Crippen LogP) is 2.66. The molecule has 0 unspecified atom stereocenters. The number of rotatable bonds is 5. The minimum atomic E-state index is -0.277. The van der Waals surface area contributed by atoms with E-state index in [4.69, 9.17) is 5.73 Å². The zero-order chi connectivity index (χ0) is 12.9. The highest BCUT2D eigenvalue weighted by Crippen LogP contribution is 2.14. The predicted molar refractivity (Wildman–Crippen MR) is 78.3 cm³/mol. The molecule has 0 spiro atoms. The van der Waals surface area contributed by atoms with Gasteiger partial charge in [0.15, 0.2) is 0 Å². The van der Waals surface area contributed by atoms with E-state index in [1.807, 2.05) is 45.0 Å². The lowest BCUT2D eigenvalue weighted by Crippen LogP contribution is -2.52. The number of aryl methyl sites for hydroxylation is 1. The second-order valence-corrected chi connectivity index (χ2v) is 4.52. The van der Waals surface area contributed by atoms with Crippen molar-refractivity contribution in [1.82, 2.24) is 5.32 Å². The molecular formula is C14H23ClN2O. The third kappa shape index (κ3) is 4.00. The van der Waals surface area contributed by atoms with Crippen LogP contribution in [0.25, 0.3) is 0 Å². The van der Waals surface area contributed by atoms with E-state index in [2.05, 4.69) is 5.32 Å². The number of carbonyl (C=O) groups excluding carboxylic acids is 1. The Morgan fingerprint density at radius 2 is 1.94 bits per heavy atom. The molecule has 4 heteroatoms. The first kappa shape index (κ1) is 16.9. The van der Waals surface area contributed by atoms with Crippen LogP contribution in [0.3, 0.4) is 0 Å². The first-order chi connectivity index (χ1) is 8.06. The van der Waals surface area contributed by atoms with Crippen LogP contribution in [0.4, 0.5) is 0 Å². The van der Waals surface area contributed by atoms with Gasteiger partial charge < -0.3 is 11.1 Å². The number of nitrogens with one attached hydrogen (secondary N) is 1. The van der Waals surface area contributed by atoms with Gasteiger partial charge in [-0.1, -0.05) is 31.5 Å². The molecule has 1 aromatic rings. The highest BCUT2D eigenvalue weighted by atomic mass is 35.5. The Balaban J connectivity index is 0.00000289. The summed E-state index contributed by atoms with van der Waals surface area (Å²) in [5.74, 6) is -0.0390. The van der Waals surface area contributed by atoms with E-state index in [9.17, 15) is 4.79 Å². The van der Waals surface area contributed by atoms with Crippen LogP contribution in [-0.2, 0) is 0 Å². The third-order valence-corrected chi connectivity index (χ3v) is 3.40. The maximum absolute atomic E-state index is 12.1. The van der Waals surface area contributed by atoms with Crippen LogP contribution < -0.4 is 11.1 Å². The first-order valence-electron chi connectivity index (χ1n) is 6.16. The number of benzene rings is 1. The van der Waals surface area contributed by atoms with Gasteiger partial charge in [0.1, 0.15) is 0 Å². The second kappa shape index (κ2) is 7.39. The largest absolute Gasteiger partial charge is 0.345 e. The van der Waals surface area contributed by atoms with E-state index in [0.717, 1.165) is 18.4 Å². The van der Waals surface area contributed by atoms with Gasteiger partial charge >= 0.3 is 0 Å². The van der Waals surface area contributed by atoms with Gasteiger partial charge in [-0.2, -0.15) is 0 Å². The molecule has 102 valence electrons. The smallest absolute Gasteiger partial charge is 0.251 e. The van der Waals surface area contributed by atoms with Crippen LogP contribution >= 0.6 is 12.4 Å². The van der Waals surface area contributed by atoms with Gasteiger partial charge in [-0.05, 0) is 31.9 Å². The molecule has 0 saturated carbocycles. The highest BCUT2D eigenvalue weighted by molar-refractivity contribution is 5.94. The molecular weight excluding hydrogens is 248 g/mol. The van der Waals surface area contributed by atoms with Gasteiger partial charge in [-0.3, -0.25) is 4.79 Å². The number of hydrogen-bond acceptors (Lipinski definition) is 2. The lowest BCUT2D eigenvalue weighted by molar-refractivity contribution is 0.0895. The minimum Gasteiger partial charge on any atom is -0.345 e. The van der Waals surface area contributed by atoms with Crippen molar-refractivity contribution in [2.45, 2.75) is 39.2 Å². The summed E-state index contributed by atoms with van der Waals surface area (Å²) in [6, 6.07) is 7.59. The van der Waals surface area contributed by atoms with Crippen LogP contribution in [0, 0.1) is 6.92 Å². The Hall–Kier alpha value is -1.06. The van der Waals surface area contributed by atoms with E-state index in [1.54, 1.807) is 0 Å². The van der Waals surface area contributed by atoms with Crippen molar-refractivity contribution in [2.24, 2.45) is 5.73 Å². The fourth-order valence-corrected chi connectivity index (χ4v) is 1.87. The summed E-state index contributed by atoms with van der Waals surface area (Å²) in [6.07, 6.45) is 1.69. The molecule has 0 saturated heterocycles. The Bertz CT molecular complexity index is 381. The van der Waals surface area contributed by atoms with Crippen LogP contribution in [0.5, 0.6) is 0 Å². The molecule has 3 nitrogen and oxygen atoms in total. The molecule has 0 aliphatic rings. The number of carbonyl (C=O) groups is 1. The van der Waals surface area contributed by atoms with E-state index < -0.39 is 0 Å². The van der Waals surface area contributed by atoms with E-state index in [1.165, 1.54) is 0 Å². The number of amides is 1. The molecule has 0 aliphatic carbocycles. The summed E-state index contributed by atoms with van der Waals surface area (Å²) < 4.78 is 0. The van der Waals surface area contributed by atoms with Crippen molar-refractivity contribution in [3.8, 4) is 0 Å². The molecule has 1 aromatic carbocycles. The molecule has 0 bridgehead atoms. The molecule has 0 aliphatic heterocycles. The second-order valence-electron chi connectivity index (χ2n) is 4.52. The maximum atomic E-state index is 12.1. The first-order valence-corrected chi connectivity index (χ1v) is 6.16. The summed E-state index contributed by atoms with van der Waals surface area (Å²) in [5, 5.41) is 3.06. The van der Waals surface area contributed by atoms with Crippen molar-refractivity contribution in [2.75, 3.05) is 6.54 Å². The van der Waals surface area contributed by atoms with Gasteiger partial charge in [-0.25, -0.2) is 0 Å². The molecule has 0 heterocycles. The summed E-state index contributed by atoms with van der Waals surface area (Å²) in [7, 11) is 0. The van der Waals surface area contributed by atoms with E-state index in [0.29, 0.717) is 12.1 Å². The zero-order valence-electron chi connectivity index (χ0n) is 11.3. The molecule has 0 fully saturated rings. The molecule has 0 aromatic heterocycles. The average Bonchev–Trinajstić information content (AvgIpc) is 2.36. The normalized spacial score (nSPS) is 10.7.